The van der Waals surface area contributed by atoms with Crippen LogP contribution in [0.2, 0.25) is 0 Å². The predicted molar refractivity (Wildman–Crippen MR) is 50.9 cm³/mol. The fraction of sp³-hybridized carbons (Fsp3) is 0.222. The number of aromatic nitrogens is 3. The minimum atomic E-state index is -0.491. The van der Waals surface area contributed by atoms with Crippen molar-refractivity contribution in [2.45, 2.75) is 0 Å². The number of carbonyl (C=O) groups is 1. The molecule has 0 spiro atoms. The van der Waals surface area contributed by atoms with Crippen LogP contribution >= 0.6 is 0 Å². The molecule has 0 amide bonds. The lowest BCUT2D eigenvalue weighted by Crippen LogP contribution is -2.02. The van der Waals surface area contributed by atoms with Gasteiger partial charge in [0.2, 0.25) is 5.88 Å². The molecule has 6 heteroatoms. The zero-order chi connectivity index (χ0) is 10.8. The van der Waals surface area contributed by atoms with E-state index < -0.39 is 5.97 Å². The second-order valence-electron chi connectivity index (χ2n) is 2.77. The molecule has 0 atom stereocenters. The Morgan fingerprint density at radius 3 is 2.93 bits per heavy atom. The van der Waals surface area contributed by atoms with E-state index in [4.69, 9.17) is 4.74 Å². The Morgan fingerprint density at radius 2 is 2.27 bits per heavy atom. The zero-order valence-electron chi connectivity index (χ0n) is 8.30. The van der Waals surface area contributed by atoms with Crippen molar-refractivity contribution >= 4 is 11.5 Å². The Morgan fingerprint density at radius 1 is 1.47 bits per heavy atom. The maximum atomic E-state index is 11.5. The summed E-state index contributed by atoms with van der Waals surface area (Å²) < 4.78 is 11.0. The number of nitrogens with zero attached hydrogens (tertiary/aromatic N) is 3. The molecule has 0 aliphatic carbocycles. The highest BCUT2D eigenvalue weighted by Crippen LogP contribution is 2.21. The summed E-state index contributed by atoms with van der Waals surface area (Å²) in [6.45, 7) is 0. The van der Waals surface area contributed by atoms with E-state index in [0.29, 0.717) is 5.52 Å². The fourth-order valence-electron chi connectivity index (χ4n) is 1.31. The van der Waals surface area contributed by atoms with Crippen molar-refractivity contribution in [1.29, 1.82) is 0 Å². The van der Waals surface area contributed by atoms with Crippen molar-refractivity contribution in [2.24, 2.45) is 0 Å². The maximum Gasteiger partial charge on any atom is 0.345 e. The molecule has 0 N–H and O–H groups in total. The van der Waals surface area contributed by atoms with Crippen molar-refractivity contribution < 1.29 is 14.3 Å². The van der Waals surface area contributed by atoms with Gasteiger partial charge in [-0.2, -0.15) is 5.10 Å². The third-order valence-electron chi connectivity index (χ3n) is 1.97. The van der Waals surface area contributed by atoms with Crippen molar-refractivity contribution in [2.75, 3.05) is 14.2 Å². The van der Waals surface area contributed by atoms with E-state index in [1.807, 2.05) is 0 Å². The van der Waals surface area contributed by atoms with Crippen molar-refractivity contribution in [1.82, 2.24) is 14.8 Å². The quantitative estimate of drug-likeness (QED) is 0.672. The first kappa shape index (κ1) is 9.45. The summed E-state index contributed by atoms with van der Waals surface area (Å²) in [4.78, 5) is 11.5. The minimum Gasteiger partial charge on any atom is -0.479 e. The minimum absolute atomic E-state index is 0.209. The van der Waals surface area contributed by atoms with E-state index in [-0.39, 0.29) is 11.4 Å². The van der Waals surface area contributed by atoms with Crippen LogP contribution in [-0.4, -0.2) is 35.0 Å². The van der Waals surface area contributed by atoms with Gasteiger partial charge in [0.05, 0.1) is 14.2 Å². The second kappa shape index (κ2) is 3.56. The largest absolute Gasteiger partial charge is 0.479 e. The highest BCUT2D eigenvalue weighted by atomic mass is 16.5. The molecular formula is C9H9N3O3. The van der Waals surface area contributed by atoms with Gasteiger partial charge in [0, 0.05) is 6.20 Å². The number of methoxy groups -OCH3 is 2. The lowest BCUT2D eigenvalue weighted by molar-refractivity contribution is 0.0599. The SMILES string of the molecule is COC(=O)c1c(OC)nn2ncccc12. The molecule has 0 aliphatic heterocycles. The van der Waals surface area contributed by atoms with Crippen LogP contribution in [0.5, 0.6) is 5.88 Å². The summed E-state index contributed by atoms with van der Waals surface area (Å²) in [5, 5.41) is 7.93. The molecule has 78 valence electrons. The Hall–Kier alpha value is -2.11. The molecular weight excluding hydrogens is 198 g/mol. The van der Waals surface area contributed by atoms with Gasteiger partial charge in [0.1, 0.15) is 5.52 Å². The van der Waals surface area contributed by atoms with Gasteiger partial charge in [0.15, 0.2) is 5.56 Å². The molecule has 0 bridgehead atoms. The zero-order valence-corrected chi connectivity index (χ0v) is 8.30. The first-order chi connectivity index (χ1) is 7.27. The number of ether oxygens (including phenoxy) is 2. The molecule has 2 rings (SSSR count). The standard InChI is InChI=1S/C9H9N3O3/c1-14-8-7(9(13)15-2)6-4-3-5-10-12(6)11-8/h3-5H,1-2H3. The van der Waals surface area contributed by atoms with Gasteiger partial charge in [-0.05, 0) is 12.1 Å². The van der Waals surface area contributed by atoms with Crippen LogP contribution < -0.4 is 4.74 Å². The number of esters is 1. The van der Waals surface area contributed by atoms with Crippen LogP contribution in [0.4, 0.5) is 0 Å². The second-order valence-corrected chi connectivity index (χ2v) is 2.77. The molecule has 0 radical (unpaired) electrons. The summed E-state index contributed by atoms with van der Waals surface area (Å²) >= 11 is 0. The predicted octanol–water partition coefficient (Wildman–Crippen LogP) is 0.524. The van der Waals surface area contributed by atoms with Crippen LogP contribution in [0.1, 0.15) is 10.4 Å². The topological polar surface area (TPSA) is 65.7 Å². The van der Waals surface area contributed by atoms with E-state index in [9.17, 15) is 4.79 Å². The van der Waals surface area contributed by atoms with Crippen molar-refractivity contribution in [3.05, 3.63) is 23.9 Å². The molecule has 2 aromatic heterocycles. The highest BCUT2D eigenvalue weighted by Gasteiger charge is 2.21. The highest BCUT2D eigenvalue weighted by molar-refractivity contribution is 5.99. The van der Waals surface area contributed by atoms with Gasteiger partial charge in [0.25, 0.3) is 0 Å². The summed E-state index contributed by atoms with van der Waals surface area (Å²) in [6.07, 6.45) is 1.57. The summed E-state index contributed by atoms with van der Waals surface area (Å²) in [5.41, 5.74) is 0.842. The van der Waals surface area contributed by atoms with Gasteiger partial charge in [-0.1, -0.05) is 0 Å². The van der Waals surface area contributed by atoms with Crippen LogP contribution in [0.15, 0.2) is 18.3 Å². The summed E-state index contributed by atoms with van der Waals surface area (Å²) in [7, 11) is 2.75. The smallest absolute Gasteiger partial charge is 0.345 e. The molecule has 0 fully saturated rings. The van der Waals surface area contributed by atoms with E-state index in [1.165, 1.54) is 18.8 Å². The number of rotatable bonds is 2. The van der Waals surface area contributed by atoms with Crippen LogP contribution in [0.3, 0.4) is 0 Å². The Bertz CT molecular complexity index is 506. The first-order valence-corrected chi connectivity index (χ1v) is 4.24. The van der Waals surface area contributed by atoms with Gasteiger partial charge in [-0.15, -0.1) is 9.73 Å². The van der Waals surface area contributed by atoms with Gasteiger partial charge >= 0.3 is 5.97 Å². The molecule has 0 unspecified atom stereocenters. The van der Waals surface area contributed by atoms with Crippen LogP contribution in [0.25, 0.3) is 5.52 Å². The Kier molecular flexibility index (Phi) is 2.24. The number of hydrogen-bond donors (Lipinski definition) is 0. The molecule has 0 saturated heterocycles. The summed E-state index contributed by atoms with van der Waals surface area (Å²) in [6, 6.07) is 3.43. The van der Waals surface area contributed by atoms with Crippen LogP contribution in [0, 0.1) is 0 Å². The Balaban J connectivity index is 2.72. The first-order valence-electron chi connectivity index (χ1n) is 4.24. The van der Waals surface area contributed by atoms with Gasteiger partial charge < -0.3 is 9.47 Å². The molecule has 2 heterocycles. The molecule has 6 nitrogen and oxygen atoms in total. The van der Waals surface area contributed by atoms with E-state index >= 15 is 0 Å². The third kappa shape index (κ3) is 1.39. The van der Waals surface area contributed by atoms with E-state index in [1.54, 1.807) is 18.3 Å². The van der Waals surface area contributed by atoms with Crippen molar-refractivity contribution in [3.8, 4) is 5.88 Å². The average Bonchev–Trinajstić information content (AvgIpc) is 2.66. The molecule has 0 aromatic carbocycles. The monoisotopic (exact) mass is 207 g/mol. The Labute approximate surface area is 85.4 Å². The van der Waals surface area contributed by atoms with Crippen molar-refractivity contribution in [3.63, 3.8) is 0 Å². The molecule has 0 aliphatic rings. The number of fused-ring (bicyclic) bond motifs is 1. The average molecular weight is 207 g/mol. The van der Waals surface area contributed by atoms with E-state index in [0.717, 1.165) is 0 Å². The molecule has 2 aromatic rings. The lowest BCUT2D eigenvalue weighted by atomic mass is 10.2. The number of hydrogen-bond acceptors (Lipinski definition) is 5. The summed E-state index contributed by atoms with van der Waals surface area (Å²) in [5.74, 6) is -0.282. The fourth-order valence-corrected chi connectivity index (χ4v) is 1.31. The van der Waals surface area contributed by atoms with Gasteiger partial charge in [-0.3, -0.25) is 0 Å². The lowest BCUT2D eigenvalue weighted by Gasteiger charge is -1.98. The maximum absolute atomic E-state index is 11.5. The van der Waals surface area contributed by atoms with E-state index in [2.05, 4.69) is 14.9 Å². The molecule has 0 saturated carbocycles. The normalized spacial score (nSPS) is 10.3. The van der Waals surface area contributed by atoms with Crippen LogP contribution in [-0.2, 0) is 4.74 Å². The molecule has 15 heavy (non-hydrogen) atoms. The van der Waals surface area contributed by atoms with Gasteiger partial charge in [-0.25, -0.2) is 4.79 Å². The number of carbonyl (C=O) groups excluding carboxylic acids is 1. The third-order valence-corrected chi connectivity index (χ3v) is 1.97.